The fraction of sp³-hybridized carbons (Fsp3) is 0.579. The van der Waals surface area contributed by atoms with Crippen LogP contribution in [0.15, 0.2) is 34.9 Å². The van der Waals surface area contributed by atoms with E-state index in [4.69, 9.17) is 4.52 Å². The van der Waals surface area contributed by atoms with Gasteiger partial charge in [0.2, 0.25) is 5.89 Å². The van der Waals surface area contributed by atoms with E-state index in [1.807, 2.05) is 6.92 Å². The molecule has 1 saturated heterocycles. The summed E-state index contributed by atoms with van der Waals surface area (Å²) in [6.07, 6.45) is 6.42. The highest BCUT2D eigenvalue weighted by Gasteiger charge is 2.50. The molecule has 4 heteroatoms. The second kappa shape index (κ2) is 6.08. The lowest BCUT2D eigenvalue weighted by Crippen LogP contribution is -2.28. The summed E-state index contributed by atoms with van der Waals surface area (Å²) in [5, 5.41) is 4.03. The Labute approximate surface area is 137 Å². The molecule has 1 aromatic heterocycles. The standard InChI is InChI=1S/C19H25N3O/c1-15-20-18(23-21-15)17-13-22(14-19(17)10-5-6-11-19)12-9-16-7-3-2-4-8-16/h2-4,7-8,17H,5-6,9-14H2,1H3/t17-/m1/s1. The number of aryl methyl sites for hydroxylation is 1. The highest BCUT2D eigenvalue weighted by atomic mass is 16.5. The van der Waals surface area contributed by atoms with E-state index in [9.17, 15) is 0 Å². The van der Waals surface area contributed by atoms with Gasteiger partial charge in [0.05, 0.1) is 5.92 Å². The third kappa shape index (κ3) is 2.92. The summed E-state index contributed by atoms with van der Waals surface area (Å²) in [4.78, 5) is 7.17. The van der Waals surface area contributed by atoms with Gasteiger partial charge in [-0.2, -0.15) is 4.98 Å². The van der Waals surface area contributed by atoms with Crippen LogP contribution in [-0.4, -0.2) is 34.7 Å². The summed E-state index contributed by atoms with van der Waals surface area (Å²) in [6.45, 7) is 5.28. The maximum Gasteiger partial charge on any atom is 0.231 e. The van der Waals surface area contributed by atoms with Crippen molar-refractivity contribution in [2.75, 3.05) is 19.6 Å². The van der Waals surface area contributed by atoms with E-state index in [0.29, 0.717) is 11.3 Å². The Kier molecular flexibility index (Phi) is 3.93. The fourth-order valence-electron chi connectivity index (χ4n) is 4.55. The first-order valence-corrected chi connectivity index (χ1v) is 8.82. The highest BCUT2D eigenvalue weighted by molar-refractivity contribution is 5.16. The molecule has 1 aliphatic carbocycles. The highest BCUT2D eigenvalue weighted by Crippen LogP contribution is 2.52. The topological polar surface area (TPSA) is 42.2 Å². The van der Waals surface area contributed by atoms with Crippen molar-refractivity contribution in [1.29, 1.82) is 0 Å². The van der Waals surface area contributed by atoms with E-state index >= 15 is 0 Å². The van der Waals surface area contributed by atoms with Crippen LogP contribution in [-0.2, 0) is 6.42 Å². The molecule has 23 heavy (non-hydrogen) atoms. The maximum atomic E-state index is 5.56. The maximum absolute atomic E-state index is 5.56. The van der Waals surface area contributed by atoms with Crippen LogP contribution in [0.4, 0.5) is 0 Å². The van der Waals surface area contributed by atoms with Gasteiger partial charge in [0.15, 0.2) is 5.82 Å². The van der Waals surface area contributed by atoms with Crippen molar-refractivity contribution in [2.45, 2.75) is 44.9 Å². The van der Waals surface area contributed by atoms with Crippen LogP contribution in [0.25, 0.3) is 0 Å². The van der Waals surface area contributed by atoms with Gasteiger partial charge < -0.3 is 9.42 Å². The van der Waals surface area contributed by atoms with E-state index < -0.39 is 0 Å². The number of nitrogens with zero attached hydrogens (tertiary/aromatic N) is 3. The molecule has 0 radical (unpaired) electrons. The molecule has 4 rings (SSSR count). The monoisotopic (exact) mass is 311 g/mol. The molecular weight excluding hydrogens is 286 g/mol. The molecule has 122 valence electrons. The van der Waals surface area contributed by atoms with Crippen molar-refractivity contribution >= 4 is 0 Å². The summed E-state index contributed by atoms with van der Waals surface area (Å²) in [6, 6.07) is 10.8. The molecule has 4 nitrogen and oxygen atoms in total. The number of likely N-dealkylation sites (tertiary alicyclic amines) is 1. The molecule has 1 saturated carbocycles. The molecule has 2 fully saturated rings. The van der Waals surface area contributed by atoms with E-state index in [-0.39, 0.29) is 0 Å². The van der Waals surface area contributed by atoms with Crippen LogP contribution < -0.4 is 0 Å². The molecule has 1 aliphatic heterocycles. The first-order chi connectivity index (χ1) is 11.3. The summed E-state index contributed by atoms with van der Waals surface area (Å²) in [5.41, 5.74) is 1.79. The molecule has 0 N–H and O–H groups in total. The number of hydrogen-bond acceptors (Lipinski definition) is 4. The Morgan fingerprint density at radius 1 is 1.22 bits per heavy atom. The molecule has 1 spiro atoms. The van der Waals surface area contributed by atoms with Crippen LogP contribution in [0.2, 0.25) is 0 Å². The number of hydrogen-bond donors (Lipinski definition) is 0. The normalized spacial score (nSPS) is 23.8. The molecule has 0 bridgehead atoms. The molecular formula is C19H25N3O. The minimum Gasteiger partial charge on any atom is -0.339 e. The van der Waals surface area contributed by atoms with E-state index in [1.54, 1.807) is 0 Å². The van der Waals surface area contributed by atoms with Crippen molar-refractivity contribution in [3.8, 4) is 0 Å². The van der Waals surface area contributed by atoms with Gasteiger partial charge in [-0.15, -0.1) is 0 Å². The zero-order chi connectivity index (χ0) is 15.7. The fourth-order valence-corrected chi connectivity index (χ4v) is 4.55. The zero-order valence-corrected chi connectivity index (χ0v) is 13.9. The first-order valence-electron chi connectivity index (χ1n) is 8.82. The van der Waals surface area contributed by atoms with Gasteiger partial charge >= 0.3 is 0 Å². The minimum atomic E-state index is 0.371. The smallest absolute Gasteiger partial charge is 0.231 e. The molecule has 2 aliphatic rings. The molecule has 0 amide bonds. The van der Waals surface area contributed by atoms with Crippen LogP contribution >= 0.6 is 0 Å². The summed E-state index contributed by atoms with van der Waals surface area (Å²) < 4.78 is 5.56. The van der Waals surface area contributed by atoms with E-state index in [1.165, 1.54) is 37.8 Å². The Morgan fingerprint density at radius 3 is 2.70 bits per heavy atom. The summed E-state index contributed by atoms with van der Waals surface area (Å²) in [5.74, 6) is 2.05. The quantitative estimate of drug-likeness (QED) is 0.865. The third-order valence-corrected chi connectivity index (χ3v) is 5.72. The average molecular weight is 311 g/mol. The number of aromatic nitrogens is 2. The van der Waals surface area contributed by atoms with Gasteiger partial charge in [-0.3, -0.25) is 0 Å². The van der Waals surface area contributed by atoms with E-state index in [0.717, 1.165) is 31.2 Å². The van der Waals surface area contributed by atoms with Gasteiger partial charge in [0, 0.05) is 19.6 Å². The Morgan fingerprint density at radius 2 is 2.00 bits per heavy atom. The lowest BCUT2D eigenvalue weighted by atomic mass is 9.76. The number of benzene rings is 1. The average Bonchev–Trinajstić information content (AvgIpc) is 3.28. The Balaban J connectivity index is 1.48. The minimum absolute atomic E-state index is 0.371. The van der Waals surface area contributed by atoms with Crippen molar-refractivity contribution in [3.05, 3.63) is 47.6 Å². The van der Waals surface area contributed by atoms with Crippen LogP contribution in [0, 0.1) is 12.3 Å². The van der Waals surface area contributed by atoms with Gasteiger partial charge in [-0.25, -0.2) is 0 Å². The molecule has 0 unspecified atom stereocenters. The molecule has 1 atom stereocenters. The molecule has 1 aromatic carbocycles. The Bertz CT molecular complexity index is 646. The SMILES string of the molecule is Cc1noc([C@H]2CN(CCc3ccccc3)CC23CCCC3)n1. The molecule has 2 heterocycles. The van der Waals surface area contributed by atoms with Gasteiger partial charge in [-0.05, 0) is 37.2 Å². The lowest BCUT2D eigenvalue weighted by Gasteiger charge is -2.27. The summed E-state index contributed by atoms with van der Waals surface area (Å²) in [7, 11) is 0. The number of rotatable bonds is 4. The van der Waals surface area contributed by atoms with Crippen molar-refractivity contribution < 1.29 is 4.52 Å². The van der Waals surface area contributed by atoms with Crippen molar-refractivity contribution in [2.24, 2.45) is 5.41 Å². The molecule has 2 aromatic rings. The predicted octanol–water partition coefficient (Wildman–Crippen LogP) is 3.58. The summed E-state index contributed by atoms with van der Waals surface area (Å²) >= 11 is 0. The first kappa shape index (κ1) is 14.9. The van der Waals surface area contributed by atoms with Gasteiger partial charge in [0.25, 0.3) is 0 Å². The van der Waals surface area contributed by atoms with Gasteiger partial charge in [0.1, 0.15) is 0 Å². The van der Waals surface area contributed by atoms with Crippen molar-refractivity contribution in [3.63, 3.8) is 0 Å². The Hall–Kier alpha value is -1.68. The predicted molar refractivity (Wildman–Crippen MR) is 89.3 cm³/mol. The second-order valence-corrected chi connectivity index (χ2v) is 7.27. The van der Waals surface area contributed by atoms with Crippen LogP contribution in [0.3, 0.4) is 0 Å². The van der Waals surface area contributed by atoms with Crippen LogP contribution in [0.1, 0.15) is 48.9 Å². The lowest BCUT2D eigenvalue weighted by molar-refractivity contribution is 0.229. The third-order valence-electron chi connectivity index (χ3n) is 5.72. The van der Waals surface area contributed by atoms with Crippen molar-refractivity contribution in [1.82, 2.24) is 15.0 Å². The van der Waals surface area contributed by atoms with Gasteiger partial charge in [-0.1, -0.05) is 48.3 Å². The zero-order valence-electron chi connectivity index (χ0n) is 13.9. The second-order valence-electron chi connectivity index (χ2n) is 7.27. The van der Waals surface area contributed by atoms with Crippen LogP contribution in [0.5, 0.6) is 0 Å². The van der Waals surface area contributed by atoms with E-state index in [2.05, 4.69) is 45.4 Å². The largest absolute Gasteiger partial charge is 0.339 e.